The summed E-state index contributed by atoms with van der Waals surface area (Å²) in [5.41, 5.74) is -0.486. The summed E-state index contributed by atoms with van der Waals surface area (Å²) < 4.78 is 20.4. The van der Waals surface area contributed by atoms with Crippen molar-refractivity contribution in [1.82, 2.24) is 14.8 Å². The van der Waals surface area contributed by atoms with Crippen LogP contribution in [0.2, 0.25) is 0 Å². The molecule has 0 aliphatic heterocycles. The van der Waals surface area contributed by atoms with Crippen molar-refractivity contribution in [3.8, 4) is 5.75 Å². The minimum Gasteiger partial charge on any atom is -0.497 e. The lowest BCUT2D eigenvalue weighted by Gasteiger charge is -2.19. The van der Waals surface area contributed by atoms with Crippen LogP contribution in [0.25, 0.3) is 0 Å². The zero-order chi connectivity index (χ0) is 15.6. The minimum absolute atomic E-state index is 0.111. The first-order valence-corrected chi connectivity index (χ1v) is 6.00. The number of rotatable bonds is 5. The van der Waals surface area contributed by atoms with Gasteiger partial charge in [0.25, 0.3) is 0 Å². The van der Waals surface area contributed by atoms with Crippen LogP contribution < -0.4 is 9.64 Å². The lowest BCUT2D eigenvalue weighted by atomic mass is 10.2. The zero-order valence-electron chi connectivity index (χ0n) is 11.8. The van der Waals surface area contributed by atoms with E-state index in [-0.39, 0.29) is 18.0 Å². The number of hydrogen-bond acceptors (Lipinski definition) is 6. The van der Waals surface area contributed by atoms with Gasteiger partial charge in [0.1, 0.15) is 23.6 Å². The molecule has 0 radical (unpaired) electrons. The van der Waals surface area contributed by atoms with Crippen molar-refractivity contribution in [3.63, 3.8) is 0 Å². The largest absolute Gasteiger partial charge is 0.497 e. The average molecular weight is 295 g/mol. The Labute approximate surface area is 119 Å². The van der Waals surface area contributed by atoms with Crippen LogP contribution in [0.5, 0.6) is 5.75 Å². The van der Waals surface area contributed by atoms with Gasteiger partial charge in [0, 0.05) is 26.2 Å². The predicted molar refractivity (Wildman–Crippen MR) is 72.7 cm³/mol. The van der Waals surface area contributed by atoms with Gasteiger partial charge in [-0.2, -0.15) is 9.49 Å². The Morgan fingerprint density at radius 2 is 2.24 bits per heavy atom. The molecule has 0 unspecified atom stereocenters. The van der Waals surface area contributed by atoms with Crippen LogP contribution >= 0.6 is 0 Å². The van der Waals surface area contributed by atoms with Gasteiger partial charge in [0.2, 0.25) is 5.82 Å². The van der Waals surface area contributed by atoms with Gasteiger partial charge in [-0.05, 0) is 0 Å². The number of halogens is 1. The maximum absolute atomic E-state index is 13.9. The maximum Gasteiger partial charge on any atom is 0.328 e. The second kappa shape index (κ2) is 5.73. The molecular weight excluding hydrogens is 281 g/mol. The fourth-order valence-electron chi connectivity index (χ4n) is 1.91. The van der Waals surface area contributed by atoms with Gasteiger partial charge in [-0.25, -0.2) is 4.98 Å². The topological polar surface area (TPSA) is 86.3 Å². The highest BCUT2D eigenvalue weighted by molar-refractivity contribution is 5.66. The number of ether oxygens (including phenoxy) is 1. The van der Waals surface area contributed by atoms with E-state index in [0.717, 1.165) is 6.07 Å². The molecule has 0 N–H and O–H groups in total. The Morgan fingerprint density at radius 1 is 1.52 bits per heavy atom. The highest BCUT2D eigenvalue weighted by Gasteiger charge is 2.25. The number of nitro benzene ring substituents is 1. The van der Waals surface area contributed by atoms with Crippen molar-refractivity contribution < 1.29 is 14.1 Å². The van der Waals surface area contributed by atoms with Gasteiger partial charge in [-0.3, -0.25) is 14.8 Å². The highest BCUT2D eigenvalue weighted by atomic mass is 19.1. The minimum atomic E-state index is -0.945. The Hall–Kier alpha value is -2.71. The Bertz CT molecular complexity index is 673. The number of nitrogens with zero attached hydrogens (tertiary/aromatic N) is 5. The van der Waals surface area contributed by atoms with Crippen LogP contribution in [0.4, 0.5) is 15.8 Å². The van der Waals surface area contributed by atoms with Crippen molar-refractivity contribution in [2.24, 2.45) is 7.05 Å². The Kier molecular flexibility index (Phi) is 4.01. The molecule has 0 aliphatic rings. The summed E-state index contributed by atoms with van der Waals surface area (Å²) >= 11 is 0. The van der Waals surface area contributed by atoms with Crippen LogP contribution in [0, 0.1) is 15.9 Å². The molecule has 2 aromatic rings. The van der Waals surface area contributed by atoms with E-state index in [2.05, 4.69) is 10.1 Å². The van der Waals surface area contributed by atoms with E-state index in [1.165, 1.54) is 24.4 Å². The van der Waals surface area contributed by atoms with E-state index in [4.69, 9.17) is 4.74 Å². The first kappa shape index (κ1) is 14.7. The molecule has 0 spiro atoms. The molecule has 112 valence electrons. The standard InChI is InChI=1S/C12H14FN5O3/c1-16(6-11-14-7-15-17(11)2)10-5-8(21-3)4-9(13)12(10)18(19)20/h4-5,7H,6H2,1-3H3. The number of aryl methyl sites for hydroxylation is 1. The number of nitro groups is 1. The Balaban J connectivity index is 2.43. The maximum atomic E-state index is 13.9. The lowest BCUT2D eigenvalue weighted by molar-refractivity contribution is -0.386. The third-order valence-corrected chi connectivity index (χ3v) is 3.03. The van der Waals surface area contributed by atoms with Crippen molar-refractivity contribution in [2.75, 3.05) is 19.1 Å². The molecule has 1 aromatic heterocycles. The van der Waals surface area contributed by atoms with Crippen LogP contribution in [-0.2, 0) is 13.6 Å². The molecule has 8 nitrogen and oxygen atoms in total. The van der Waals surface area contributed by atoms with Gasteiger partial charge in [0.05, 0.1) is 18.6 Å². The van der Waals surface area contributed by atoms with Gasteiger partial charge < -0.3 is 9.64 Å². The van der Waals surface area contributed by atoms with Gasteiger partial charge in [-0.1, -0.05) is 0 Å². The molecule has 2 rings (SSSR count). The average Bonchev–Trinajstić information content (AvgIpc) is 2.82. The third-order valence-electron chi connectivity index (χ3n) is 3.03. The van der Waals surface area contributed by atoms with E-state index in [0.29, 0.717) is 5.82 Å². The molecule has 0 fully saturated rings. The molecule has 0 saturated carbocycles. The first-order chi connectivity index (χ1) is 9.93. The normalized spacial score (nSPS) is 10.5. The van der Waals surface area contributed by atoms with Gasteiger partial charge in [-0.15, -0.1) is 0 Å². The molecular formula is C12H14FN5O3. The van der Waals surface area contributed by atoms with Crippen LogP contribution in [0.3, 0.4) is 0 Å². The number of hydrogen-bond donors (Lipinski definition) is 0. The summed E-state index contributed by atoms with van der Waals surface area (Å²) in [6.45, 7) is 0.240. The summed E-state index contributed by atoms with van der Waals surface area (Å²) in [5.74, 6) is -0.146. The third kappa shape index (κ3) is 2.91. The van der Waals surface area contributed by atoms with Crippen molar-refractivity contribution in [3.05, 3.63) is 40.2 Å². The fourth-order valence-corrected chi connectivity index (χ4v) is 1.91. The molecule has 0 aliphatic carbocycles. The number of anilines is 1. The molecule has 0 amide bonds. The lowest BCUT2D eigenvalue weighted by Crippen LogP contribution is -2.21. The van der Waals surface area contributed by atoms with Crippen LogP contribution in [0.1, 0.15) is 5.82 Å². The van der Waals surface area contributed by atoms with Crippen molar-refractivity contribution in [2.45, 2.75) is 6.54 Å². The zero-order valence-corrected chi connectivity index (χ0v) is 11.8. The summed E-state index contributed by atoms with van der Waals surface area (Å²) in [4.78, 5) is 15.9. The number of methoxy groups -OCH3 is 1. The SMILES string of the molecule is COc1cc(F)c([N+](=O)[O-])c(N(C)Cc2ncnn2C)c1. The summed E-state index contributed by atoms with van der Waals surface area (Å²) in [5, 5.41) is 15.0. The van der Waals surface area contributed by atoms with Gasteiger partial charge in [0.15, 0.2) is 0 Å². The summed E-state index contributed by atoms with van der Waals surface area (Å²) in [6, 6.07) is 2.40. The molecule has 1 heterocycles. The van der Waals surface area contributed by atoms with E-state index >= 15 is 0 Å². The quantitative estimate of drug-likeness (QED) is 0.614. The van der Waals surface area contributed by atoms with Crippen LogP contribution in [-0.4, -0.2) is 33.8 Å². The first-order valence-electron chi connectivity index (χ1n) is 6.00. The summed E-state index contributed by atoms with van der Waals surface area (Å²) in [6.07, 6.45) is 1.38. The molecule has 0 bridgehead atoms. The van der Waals surface area contributed by atoms with Crippen molar-refractivity contribution >= 4 is 11.4 Å². The molecule has 21 heavy (non-hydrogen) atoms. The number of aromatic nitrogens is 3. The monoisotopic (exact) mass is 295 g/mol. The Morgan fingerprint density at radius 3 is 2.76 bits per heavy atom. The second-order valence-corrected chi connectivity index (χ2v) is 4.39. The van der Waals surface area contributed by atoms with E-state index < -0.39 is 16.4 Å². The van der Waals surface area contributed by atoms with E-state index in [9.17, 15) is 14.5 Å². The predicted octanol–water partition coefficient (Wildman–Crippen LogP) is 1.51. The fraction of sp³-hybridized carbons (Fsp3) is 0.333. The van der Waals surface area contributed by atoms with E-state index in [1.807, 2.05) is 0 Å². The smallest absolute Gasteiger partial charge is 0.328 e. The van der Waals surface area contributed by atoms with Gasteiger partial charge >= 0.3 is 5.69 Å². The van der Waals surface area contributed by atoms with E-state index in [1.54, 1.807) is 18.8 Å². The molecule has 0 atom stereocenters. The summed E-state index contributed by atoms with van der Waals surface area (Å²) in [7, 11) is 4.68. The molecule has 0 saturated heterocycles. The highest BCUT2D eigenvalue weighted by Crippen LogP contribution is 2.35. The number of benzene rings is 1. The van der Waals surface area contributed by atoms with Crippen molar-refractivity contribution in [1.29, 1.82) is 0 Å². The molecule has 9 heteroatoms. The second-order valence-electron chi connectivity index (χ2n) is 4.39. The van der Waals surface area contributed by atoms with Crippen LogP contribution in [0.15, 0.2) is 18.5 Å². The molecule has 1 aromatic carbocycles.